The zero-order chi connectivity index (χ0) is 15.9. The fourth-order valence-corrected chi connectivity index (χ4v) is 2.70. The highest BCUT2D eigenvalue weighted by Crippen LogP contribution is 2.21. The molecule has 1 atom stereocenters. The fraction of sp³-hybridized carbons (Fsp3) is 0.211. The summed E-state index contributed by atoms with van der Waals surface area (Å²) in [6.45, 7) is 4.10. The van der Waals surface area contributed by atoms with Gasteiger partial charge in [0.15, 0.2) is 0 Å². The number of amides is 1. The smallest absolute Gasteiger partial charge is 0.247 e. The second-order valence-corrected chi connectivity index (χ2v) is 6.25. The Kier molecular flexibility index (Phi) is 5.84. The summed E-state index contributed by atoms with van der Waals surface area (Å²) in [4.78, 5) is 15.1. The van der Waals surface area contributed by atoms with Gasteiger partial charge in [0.05, 0.1) is 6.04 Å². The summed E-state index contributed by atoms with van der Waals surface area (Å²) < 4.78 is 0. The van der Waals surface area contributed by atoms with E-state index in [1.165, 1.54) is 5.56 Å². The van der Waals surface area contributed by atoms with Crippen molar-refractivity contribution in [3.8, 4) is 0 Å². The number of aryl methyl sites for hydroxylation is 1. The summed E-state index contributed by atoms with van der Waals surface area (Å²) >= 11 is 1.55. The van der Waals surface area contributed by atoms with Crippen LogP contribution in [0.5, 0.6) is 0 Å². The molecule has 0 aliphatic carbocycles. The lowest BCUT2D eigenvalue weighted by Gasteiger charge is -2.24. The van der Waals surface area contributed by atoms with E-state index in [2.05, 4.69) is 31.2 Å². The molecule has 0 saturated heterocycles. The number of thioether (sulfide) groups is 1. The van der Waals surface area contributed by atoms with Crippen molar-refractivity contribution >= 4 is 17.7 Å². The van der Waals surface area contributed by atoms with E-state index in [1.54, 1.807) is 22.7 Å². The first-order valence-corrected chi connectivity index (χ1v) is 8.17. The van der Waals surface area contributed by atoms with Crippen molar-refractivity contribution in [2.75, 3.05) is 7.05 Å². The lowest BCUT2D eigenvalue weighted by Crippen LogP contribution is -2.27. The monoisotopic (exact) mass is 311 g/mol. The van der Waals surface area contributed by atoms with Gasteiger partial charge < -0.3 is 4.90 Å². The van der Waals surface area contributed by atoms with Gasteiger partial charge in [-0.25, -0.2) is 0 Å². The second-order valence-electron chi connectivity index (χ2n) is 5.27. The first-order valence-electron chi connectivity index (χ1n) is 7.29. The van der Waals surface area contributed by atoms with Crippen LogP contribution in [0.2, 0.25) is 0 Å². The lowest BCUT2D eigenvalue weighted by molar-refractivity contribution is -0.126. The molecule has 1 amide bonds. The number of nitrogens with zero attached hydrogens (tertiary/aromatic N) is 1. The van der Waals surface area contributed by atoms with Gasteiger partial charge in [-0.05, 0) is 37.0 Å². The molecular weight excluding hydrogens is 290 g/mol. The van der Waals surface area contributed by atoms with Crippen LogP contribution in [-0.2, 0) is 4.79 Å². The van der Waals surface area contributed by atoms with Crippen LogP contribution in [0, 0.1) is 6.92 Å². The molecule has 0 fully saturated rings. The third kappa shape index (κ3) is 4.50. The molecule has 0 saturated carbocycles. The standard InChI is InChI=1S/C19H21NOS/c1-15-9-11-17(12-10-15)16(2)20(3)19(21)13-14-22-18-7-5-4-6-8-18/h4-14,16H,1-3H3/b14-13+. The van der Waals surface area contributed by atoms with Gasteiger partial charge in [-0.3, -0.25) is 4.79 Å². The minimum atomic E-state index is 0.0107. The van der Waals surface area contributed by atoms with Crippen molar-refractivity contribution in [3.63, 3.8) is 0 Å². The molecule has 2 aromatic rings. The molecule has 1 unspecified atom stereocenters. The molecule has 0 aliphatic rings. The molecule has 3 heteroatoms. The van der Waals surface area contributed by atoms with Crippen molar-refractivity contribution < 1.29 is 4.79 Å². The van der Waals surface area contributed by atoms with Crippen LogP contribution in [0.25, 0.3) is 0 Å². The summed E-state index contributed by atoms with van der Waals surface area (Å²) in [6.07, 6.45) is 1.63. The Hall–Kier alpha value is -2.00. The predicted molar refractivity (Wildman–Crippen MR) is 93.8 cm³/mol. The number of hydrogen-bond acceptors (Lipinski definition) is 2. The zero-order valence-electron chi connectivity index (χ0n) is 13.2. The van der Waals surface area contributed by atoms with Crippen molar-refractivity contribution in [2.24, 2.45) is 0 Å². The van der Waals surface area contributed by atoms with Gasteiger partial charge in [-0.2, -0.15) is 0 Å². The highest BCUT2D eigenvalue weighted by atomic mass is 32.2. The van der Waals surface area contributed by atoms with E-state index in [0.29, 0.717) is 0 Å². The Balaban J connectivity index is 1.95. The SMILES string of the molecule is Cc1ccc(C(C)N(C)C(=O)/C=C/Sc2ccccc2)cc1. The Morgan fingerprint density at radius 2 is 1.73 bits per heavy atom. The van der Waals surface area contributed by atoms with Gasteiger partial charge in [0.1, 0.15) is 0 Å². The van der Waals surface area contributed by atoms with E-state index >= 15 is 0 Å². The summed E-state index contributed by atoms with van der Waals surface area (Å²) in [5.74, 6) is 0.0107. The van der Waals surface area contributed by atoms with E-state index in [1.807, 2.05) is 49.7 Å². The van der Waals surface area contributed by atoms with Crippen LogP contribution < -0.4 is 0 Å². The van der Waals surface area contributed by atoms with Gasteiger partial charge in [0.2, 0.25) is 5.91 Å². The molecule has 0 aromatic heterocycles. The molecule has 0 aliphatic heterocycles. The summed E-state index contributed by atoms with van der Waals surface area (Å²) in [5.41, 5.74) is 2.37. The third-order valence-corrected chi connectivity index (χ3v) is 4.46. The molecule has 0 N–H and O–H groups in total. The first-order chi connectivity index (χ1) is 10.6. The molecule has 0 radical (unpaired) electrons. The topological polar surface area (TPSA) is 20.3 Å². The lowest BCUT2D eigenvalue weighted by atomic mass is 10.1. The Bertz CT molecular complexity index is 634. The maximum Gasteiger partial charge on any atom is 0.247 e. The van der Waals surface area contributed by atoms with Gasteiger partial charge in [0.25, 0.3) is 0 Å². The predicted octanol–water partition coefficient (Wildman–Crippen LogP) is 4.82. The highest BCUT2D eigenvalue weighted by Gasteiger charge is 2.14. The second kappa shape index (κ2) is 7.85. The normalized spacial score (nSPS) is 12.3. The molecule has 2 nitrogen and oxygen atoms in total. The average Bonchev–Trinajstić information content (AvgIpc) is 2.55. The Morgan fingerprint density at radius 1 is 1.09 bits per heavy atom. The number of rotatable bonds is 5. The molecule has 2 aromatic carbocycles. The first kappa shape index (κ1) is 16.4. The van der Waals surface area contributed by atoms with Crippen molar-refractivity contribution in [3.05, 3.63) is 77.2 Å². The molecule has 0 spiro atoms. The van der Waals surface area contributed by atoms with Crippen LogP contribution in [0.4, 0.5) is 0 Å². The van der Waals surface area contributed by atoms with Gasteiger partial charge in [-0.1, -0.05) is 59.8 Å². The van der Waals surface area contributed by atoms with E-state index in [-0.39, 0.29) is 11.9 Å². The fourth-order valence-electron chi connectivity index (χ4n) is 2.05. The summed E-state index contributed by atoms with van der Waals surface area (Å²) in [7, 11) is 1.84. The number of likely N-dealkylation sites (N-methyl/N-ethyl adjacent to an activating group) is 1. The number of carbonyl (C=O) groups is 1. The van der Waals surface area contributed by atoms with Crippen LogP contribution in [0.15, 0.2) is 71.0 Å². The van der Waals surface area contributed by atoms with E-state index < -0.39 is 0 Å². The number of carbonyl (C=O) groups excluding carboxylic acids is 1. The van der Waals surface area contributed by atoms with Gasteiger partial charge in [0, 0.05) is 18.0 Å². The maximum absolute atomic E-state index is 12.2. The maximum atomic E-state index is 12.2. The molecule has 0 bridgehead atoms. The van der Waals surface area contributed by atoms with Crippen LogP contribution in [-0.4, -0.2) is 17.9 Å². The quantitative estimate of drug-likeness (QED) is 0.583. The van der Waals surface area contributed by atoms with E-state index in [4.69, 9.17) is 0 Å². The minimum absolute atomic E-state index is 0.0107. The van der Waals surface area contributed by atoms with Crippen molar-refractivity contribution in [2.45, 2.75) is 24.8 Å². The van der Waals surface area contributed by atoms with E-state index in [9.17, 15) is 4.79 Å². The highest BCUT2D eigenvalue weighted by molar-refractivity contribution is 8.02. The van der Waals surface area contributed by atoms with Crippen molar-refractivity contribution in [1.82, 2.24) is 4.90 Å². The van der Waals surface area contributed by atoms with Crippen LogP contribution in [0.1, 0.15) is 24.1 Å². The summed E-state index contributed by atoms with van der Waals surface area (Å²) in [6, 6.07) is 18.4. The number of benzene rings is 2. The molecule has 2 rings (SSSR count). The van der Waals surface area contributed by atoms with E-state index in [0.717, 1.165) is 10.5 Å². The minimum Gasteiger partial charge on any atom is -0.335 e. The average molecular weight is 311 g/mol. The molecule has 114 valence electrons. The number of hydrogen-bond donors (Lipinski definition) is 0. The third-order valence-electron chi connectivity index (χ3n) is 3.65. The van der Waals surface area contributed by atoms with Crippen LogP contribution in [0.3, 0.4) is 0 Å². The molecule has 0 heterocycles. The zero-order valence-corrected chi connectivity index (χ0v) is 14.0. The Morgan fingerprint density at radius 3 is 2.36 bits per heavy atom. The molecule has 22 heavy (non-hydrogen) atoms. The Labute approximate surface area is 136 Å². The van der Waals surface area contributed by atoms with Crippen molar-refractivity contribution in [1.29, 1.82) is 0 Å². The molecular formula is C19H21NOS. The summed E-state index contributed by atoms with van der Waals surface area (Å²) in [5, 5.41) is 1.84. The van der Waals surface area contributed by atoms with Gasteiger partial charge >= 0.3 is 0 Å². The van der Waals surface area contributed by atoms with Gasteiger partial charge in [-0.15, -0.1) is 0 Å². The largest absolute Gasteiger partial charge is 0.335 e. The van der Waals surface area contributed by atoms with Crippen LogP contribution >= 0.6 is 11.8 Å².